The summed E-state index contributed by atoms with van der Waals surface area (Å²) in [4.78, 5) is 15.3. The van der Waals surface area contributed by atoms with Gasteiger partial charge in [0.15, 0.2) is 0 Å². The fourth-order valence-corrected chi connectivity index (χ4v) is 5.24. The third-order valence-electron chi connectivity index (χ3n) is 4.94. The third-order valence-corrected chi connectivity index (χ3v) is 6.56. The van der Waals surface area contributed by atoms with Gasteiger partial charge in [0.05, 0.1) is 25.2 Å². The zero-order valence-corrected chi connectivity index (χ0v) is 19.7. The highest BCUT2D eigenvalue weighted by molar-refractivity contribution is 7.92. The molecular weight excluding hydrogens is 461 g/mol. The molecule has 10 heteroatoms. The number of hydrogen-bond acceptors (Lipinski definition) is 5. The molecule has 1 amide bonds. The molecule has 0 radical (unpaired) electrons. The molecule has 0 bridgehead atoms. The van der Waals surface area contributed by atoms with E-state index in [0.717, 1.165) is 29.3 Å². The molecular formula is C21H25Cl2N3O4S. The SMILES string of the molecule is CC[C@H](C(=O)Nc1ccc(N2CCOCC2)cc1)N(c1cc(Cl)cc(Cl)c1)S(C)(=O)=O. The van der Waals surface area contributed by atoms with Crippen LogP contribution in [-0.4, -0.2) is 52.9 Å². The number of nitrogens with zero attached hydrogens (tertiary/aromatic N) is 2. The van der Waals surface area contributed by atoms with Crippen LogP contribution in [0.25, 0.3) is 0 Å². The molecule has 31 heavy (non-hydrogen) atoms. The van der Waals surface area contributed by atoms with E-state index < -0.39 is 22.0 Å². The predicted octanol–water partition coefficient (Wildman–Crippen LogP) is 4.01. The van der Waals surface area contributed by atoms with Crippen LogP contribution in [0.3, 0.4) is 0 Å². The average molecular weight is 486 g/mol. The molecule has 2 aromatic rings. The fraction of sp³-hybridized carbons (Fsp3) is 0.381. The van der Waals surface area contributed by atoms with Gasteiger partial charge in [0.2, 0.25) is 15.9 Å². The summed E-state index contributed by atoms with van der Waals surface area (Å²) in [6.07, 6.45) is 1.31. The van der Waals surface area contributed by atoms with Gasteiger partial charge >= 0.3 is 0 Å². The van der Waals surface area contributed by atoms with Crippen molar-refractivity contribution in [3.8, 4) is 0 Å². The van der Waals surface area contributed by atoms with Crippen molar-refractivity contribution in [1.82, 2.24) is 0 Å². The van der Waals surface area contributed by atoms with Crippen molar-refractivity contribution >= 4 is 56.2 Å². The summed E-state index contributed by atoms with van der Waals surface area (Å²) >= 11 is 12.1. The van der Waals surface area contributed by atoms with Gasteiger partial charge < -0.3 is 15.0 Å². The Labute approximate surface area is 192 Å². The van der Waals surface area contributed by atoms with Crippen molar-refractivity contribution < 1.29 is 17.9 Å². The maximum atomic E-state index is 13.1. The van der Waals surface area contributed by atoms with Crippen molar-refractivity contribution in [2.45, 2.75) is 19.4 Å². The quantitative estimate of drug-likeness (QED) is 0.640. The van der Waals surface area contributed by atoms with Crippen molar-refractivity contribution in [2.75, 3.05) is 47.1 Å². The smallest absolute Gasteiger partial charge is 0.248 e. The van der Waals surface area contributed by atoms with E-state index in [1.165, 1.54) is 18.2 Å². The Morgan fingerprint density at radius 1 is 1.13 bits per heavy atom. The molecule has 1 aliphatic heterocycles. The van der Waals surface area contributed by atoms with Gasteiger partial charge in [0, 0.05) is 34.5 Å². The maximum Gasteiger partial charge on any atom is 0.248 e. The Balaban J connectivity index is 1.81. The first-order chi connectivity index (χ1) is 14.7. The Kier molecular flexibility index (Phi) is 7.69. The minimum absolute atomic E-state index is 0.240. The number of rotatable bonds is 7. The standard InChI is InChI=1S/C21H25Cl2N3O4S/c1-3-20(26(31(2,28)29)19-13-15(22)12-16(23)14-19)21(27)24-17-4-6-18(7-5-17)25-8-10-30-11-9-25/h4-7,12-14,20H,3,8-11H2,1-2H3,(H,24,27)/t20-/m1/s1. The van der Waals surface area contributed by atoms with Gasteiger partial charge in [0.1, 0.15) is 6.04 Å². The minimum Gasteiger partial charge on any atom is -0.378 e. The summed E-state index contributed by atoms with van der Waals surface area (Å²) in [5.74, 6) is -0.442. The monoisotopic (exact) mass is 485 g/mol. The van der Waals surface area contributed by atoms with Gasteiger partial charge in [-0.1, -0.05) is 30.1 Å². The number of ether oxygens (including phenoxy) is 1. The summed E-state index contributed by atoms with van der Waals surface area (Å²) in [6.45, 7) is 4.75. The van der Waals surface area contributed by atoms with E-state index in [1.807, 2.05) is 12.1 Å². The molecule has 0 aromatic heterocycles. The first-order valence-corrected chi connectivity index (χ1v) is 12.5. The lowest BCUT2D eigenvalue weighted by Crippen LogP contribution is -2.47. The topological polar surface area (TPSA) is 79.0 Å². The molecule has 3 rings (SSSR count). The highest BCUT2D eigenvalue weighted by Crippen LogP contribution is 2.30. The number of benzene rings is 2. The highest BCUT2D eigenvalue weighted by Gasteiger charge is 2.32. The molecule has 168 valence electrons. The maximum absolute atomic E-state index is 13.1. The lowest BCUT2D eigenvalue weighted by atomic mass is 10.1. The average Bonchev–Trinajstić information content (AvgIpc) is 2.71. The fourth-order valence-electron chi connectivity index (χ4n) is 3.53. The summed E-state index contributed by atoms with van der Waals surface area (Å²) in [7, 11) is -3.78. The second-order valence-corrected chi connectivity index (χ2v) is 9.98. The van der Waals surface area contributed by atoms with Crippen LogP contribution in [0.5, 0.6) is 0 Å². The van der Waals surface area contributed by atoms with E-state index in [-0.39, 0.29) is 22.2 Å². The van der Waals surface area contributed by atoms with Crippen LogP contribution in [0.4, 0.5) is 17.1 Å². The summed E-state index contributed by atoms with van der Waals surface area (Å²) < 4.78 is 31.6. The van der Waals surface area contributed by atoms with Crippen molar-refractivity contribution in [2.24, 2.45) is 0 Å². The molecule has 1 atom stereocenters. The molecule has 1 saturated heterocycles. The number of carbonyl (C=O) groups excluding carboxylic acids is 1. The van der Waals surface area contributed by atoms with Crippen molar-refractivity contribution in [3.05, 3.63) is 52.5 Å². The number of hydrogen-bond donors (Lipinski definition) is 1. The summed E-state index contributed by atoms with van der Waals surface area (Å²) in [5, 5.41) is 3.39. The van der Waals surface area contributed by atoms with Gasteiger partial charge in [-0.05, 0) is 48.9 Å². The van der Waals surface area contributed by atoms with Crippen molar-refractivity contribution in [1.29, 1.82) is 0 Å². The van der Waals surface area contributed by atoms with Gasteiger partial charge in [0.25, 0.3) is 0 Å². The second-order valence-electron chi connectivity index (χ2n) is 7.25. The molecule has 2 aromatic carbocycles. The zero-order chi connectivity index (χ0) is 22.6. The molecule has 0 aliphatic carbocycles. The Bertz CT molecular complexity index is 1010. The summed E-state index contributed by atoms with van der Waals surface area (Å²) in [5.41, 5.74) is 1.86. The van der Waals surface area contributed by atoms with E-state index in [0.29, 0.717) is 18.9 Å². The number of carbonyl (C=O) groups is 1. The van der Waals surface area contributed by atoms with E-state index in [1.54, 1.807) is 19.1 Å². The van der Waals surface area contributed by atoms with Gasteiger partial charge in [-0.3, -0.25) is 9.10 Å². The Morgan fingerprint density at radius 3 is 2.23 bits per heavy atom. The molecule has 7 nitrogen and oxygen atoms in total. The second kappa shape index (κ2) is 10.1. The van der Waals surface area contributed by atoms with Gasteiger partial charge in [-0.2, -0.15) is 0 Å². The molecule has 0 spiro atoms. The Morgan fingerprint density at radius 2 is 1.71 bits per heavy atom. The largest absolute Gasteiger partial charge is 0.378 e. The lowest BCUT2D eigenvalue weighted by molar-refractivity contribution is -0.117. The lowest BCUT2D eigenvalue weighted by Gasteiger charge is -2.30. The first-order valence-electron chi connectivity index (χ1n) is 9.88. The van der Waals surface area contributed by atoms with Gasteiger partial charge in [-0.15, -0.1) is 0 Å². The zero-order valence-electron chi connectivity index (χ0n) is 17.3. The molecule has 1 fully saturated rings. The van der Waals surface area contributed by atoms with Crippen LogP contribution >= 0.6 is 23.2 Å². The summed E-state index contributed by atoms with van der Waals surface area (Å²) in [6, 6.07) is 10.9. The Hall–Kier alpha value is -2.00. The van der Waals surface area contributed by atoms with E-state index in [9.17, 15) is 13.2 Å². The van der Waals surface area contributed by atoms with Crippen LogP contribution in [0.15, 0.2) is 42.5 Å². The van der Waals surface area contributed by atoms with Crippen LogP contribution in [0.1, 0.15) is 13.3 Å². The van der Waals surface area contributed by atoms with Crippen LogP contribution in [-0.2, 0) is 19.6 Å². The number of anilines is 3. The number of nitrogens with one attached hydrogen (secondary N) is 1. The van der Waals surface area contributed by atoms with Crippen LogP contribution < -0.4 is 14.5 Å². The van der Waals surface area contributed by atoms with E-state index in [4.69, 9.17) is 27.9 Å². The van der Waals surface area contributed by atoms with Crippen LogP contribution in [0.2, 0.25) is 10.0 Å². The number of amides is 1. The first kappa shape index (κ1) is 23.7. The third kappa shape index (κ3) is 6.04. The molecule has 1 N–H and O–H groups in total. The normalized spacial score (nSPS) is 15.4. The molecule has 1 heterocycles. The minimum atomic E-state index is -3.78. The number of morpholine rings is 1. The molecule has 0 saturated carbocycles. The predicted molar refractivity (Wildman–Crippen MR) is 126 cm³/mol. The van der Waals surface area contributed by atoms with Crippen molar-refractivity contribution in [3.63, 3.8) is 0 Å². The number of halogens is 2. The number of sulfonamides is 1. The highest BCUT2D eigenvalue weighted by atomic mass is 35.5. The molecule has 0 unspecified atom stereocenters. The van der Waals surface area contributed by atoms with Crippen LogP contribution in [0, 0.1) is 0 Å². The van der Waals surface area contributed by atoms with Gasteiger partial charge in [-0.25, -0.2) is 8.42 Å². The van der Waals surface area contributed by atoms with E-state index >= 15 is 0 Å². The van der Waals surface area contributed by atoms with E-state index in [2.05, 4.69) is 10.2 Å². The molecule has 1 aliphatic rings.